The van der Waals surface area contributed by atoms with Crippen LogP contribution in [0, 0.1) is 6.92 Å². The van der Waals surface area contributed by atoms with Crippen molar-refractivity contribution in [3.63, 3.8) is 0 Å². The van der Waals surface area contributed by atoms with E-state index < -0.39 is 0 Å². The molecule has 1 unspecified atom stereocenters. The molecular weight excluding hydrogens is 264 g/mol. The number of amides is 1. The van der Waals surface area contributed by atoms with Gasteiger partial charge in [-0.05, 0) is 24.5 Å². The van der Waals surface area contributed by atoms with Crippen molar-refractivity contribution in [2.24, 2.45) is 0 Å². The van der Waals surface area contributed by atoms with Gasteiger partial charge in [0.2, 0.25) is 0 Å². The summed E-state index contributed by atoms with van der Waals surface area (Å²) < 4.78 is 0. The van der Waals surface area contributed by atoms with E-state index in [0.29, 0.717) is 12.5 Å². The zero-order valence-electron chi connectivity index (χ0n) is 12.0. The summed E-state index contributed by atoms with van der Waals surface area (Å²) in [7, 11) is 0. The molecule has 3 rings (SSSR count). The molecule has 1 aromatic carbocycles. The number of rotatable bonds is 2. The summed E-state index contributed by atoms with van der Waals surface area (Å²) in [5.74, 6) is 0.451. The second-order valence-electron chi connectivity index (χ2n) is 5.38. The minimum Gasteiger partial charge on any atom is -0.382 e. The van der Waals surface area contributed by atoms with Crippen LogP contribution >= 0.6 is 0 Å². The first kappa shape index (κ1) is 13.5. The number of aromatic nitrogens is 2. The van der Waals surface area contributed by atoms with Crippen molar-refractivity contribution < 1.29 is 4.79 Å². The van der Waals surface area contributed by atoms with Gasteiger partial charge in [0.05, 0.1) is 0 Å². The Balaban J connectivity index is 1.77. The number of hydrogen-bond acceptors (Lipinski definition) is 4. The second-order valence-corrected chi connectivity index (χ2v) is 5.38. The maximum atomic E-state index is 12.5. The number of carbonyl (C=O) groups excluding carboxylic acids is 1. The van der Waals surface area contributed by atoms with Gasteiger partial charge in [0.1, 0.15) is 0 Å². The molecule has 1 amide bonds. The molecule has 1 fully saturated rings. The average Bonchev–Trinajstić information content (AvgIpc) is 2.97. The first-order chi connectivity index (χ1) is 10.2. The summed E-state index contributed by atoms with van der Waals surface area (Å²) >= 11 is 0. The van der Waals surface area contributed by atoms with Crippen LogP contribution in [0.5, 0.6) is 0 Å². The molecule has 2 N–H and O–H groups in total. The van der Waals surface area contributed by atoms with Crippen molar-refractivity contribution in [2.45, 2.75) is 19.3 Å². The zero-order chi connectivity index (χ0) is 14.8. The van der Waals surface area contributed by atoms with Gasteiger partial charge in [-0.3, -0.25) is 4.79 Å². The van der Waals surface area contributed by atoms with Crippen LogP contribution in [0.25, 0.3) is 0 Å². The summed E-state index contributed by atoms with van der Waals surface area (Å²) in [5.41, 5.74) is 8.58. The molecule has 0 aliphatic carbocycles. The summed E-state index contributed by atoms with van der Waals surface area (Å²) in [6.07, 6.45) is 3.96. The summed E-state index contributed by atoms with van der Waals surface area (Å²) in [5, 5.41) is 0. The zero-order valence-corrected chi connectivity index (χ0v) is 12.0. The Hall–Kier alpha value is -2.43. The molecule has 5 heteroatoms. The van der Waals surface area contributed by atoms with Crippen molar-refractivity contribution in [3.05, 3.63) is 53.5 Å². The Labute approximate surface area is 123 Å². The quantitative estimate of drug-likeness (QED) is 0.914. The smallest absolute Gasteiger partial charge is 0.276 e. The molecule has 108 valence electrons. The minimum absolute atomic E-state index is 0.128. The van der Waals surface area contributed by atoms with Crippen LogP contribution < -0.4 is 5.73 Å². The highest BCUT2D eigenvalue weighted by Crippen LogP contribution is 2.30. The van der Waals surface area contributed by atoms with Gasteiger partial charge >= 0.3 is 0 Å². The van der Waals surface area contributed by atoms with E-state index in [-0.39, 0.29) is 17.4 Å². The van der Waals surface area contributed by atoms with E-state index in [2.05, 4.69) is 29.0 Å². The van der Waals surface area contributed by atoms with Gasteiger partial charge in [0.15, 0.2) is 11.5 Å². The lowest BCUT2D eigenvalue weighted by molar-refractivity contribution is 0.0785. The fourth-order valence-corrected chi connectivity index (χ4v) is 2.91. The van der Waals surface area contributed by atoms with Gasteiger partial charge in [0.25, 0.3) is 5.91 Å². The summed E-state index contributed by atoms with van der Waals surface area (Å²) in [4.78, 5) is 22.3. The van der Waals surface area contributed by atoms with Gasteiger partial charge in [-0.15, -0.1) is 0 Å². The number of nitrogen functional groups attached to an aromatic ring is 1. The third kappa shape index (κ3) is 2.59. The summed E-state index contributed by atoms with van der Waals surface area (Å²) in [6, 6.07) is 8.34. The van der Waals surface area contributed by atoms with Crippen molar-refractivity contribution in [1.29, 1.82) is 0 Å². The van der Waals surface area contributed by atoms with E-state index in [1.54, 1.807) is 0 Å². The van der Waals surface area contributed by atoms with Gasteiger partial charge in [0, 0.05) is 31.4 Å². The molecule has 1 aromatic heterocycles. The first-order valence-corrected chi connectivity index (χ1v) is 7.08. The normalized spacial score (nSPS) is 18.0. The number of carbonyl (C=O) groups is 1. The van der Waals surface area contributed by atoms with Gasteiger partial charge in [-0.25, -0.2) is 9.97 Å². The molecule has 0 saturated carbocycles. The third-order valence-electron chi connectivity index (χ3n) is 4.03. The number of nitrogens with zero attached hydrogens (tertiary/aromatic N) is 3. The van der Waals surface area contributed by atoms with E-state index >= 15 is 0 Å². The lowest BCUT2D eigenvalue weighted by atomic mass is 9.94. The van der Waals surface area contributed by atoms with Crippen molar-refractivity contribution >= 4 is 11.7 Å². The van der Waals surface area contributed by atoms with Crippen LogP contribution in [-0.2, 0) is 0 Å². The number of likely N-dealkylation sites (tertiary alicyclic amines) is 1. The Morgan fingerprint density at radius 2 is 2.05 bits per heavy atom. The second kappa shape index (κ2) is 5.52. The minimum atomic E-state index is -0.128. The highest BCUT2D eigenvalue weighted by Gasteiger charge is 2.30. The number of nitrogens with two attached hydrogens (primary N) is 1. The molecular formula is C16H18N4O. The average molecular weight is 282 g/mol. The molecule has 1 aliphatic rings. The van der Waals surface area contributed by atoms with Crippen molar-refractivity contribution in [1.82, 2.24) is 14.9 Å². The monoisotopic (exact) mass is 282 g/mol. The van der Waals surface area contributed by atoms with Gasteiger partial charge in [-0.2, -0.15) is 0 Å². The Morgan fingerprint density at radius 3 is 2.81 bits per heavy atom. The Bertz CT molecular complexity index is 671. The molecule has 2 aromatic rings. The molecule has 0 spiro atoms. The molecule has 1 saturated heterocycles. The van der Waals surface area contributed by atoms with Crippen LogP contribution in [-0.4, -0.2) is 33.9 Å². The number of hydrogen-bond donors (Lipinski definition) is 1. The van der Waals surface area contributed by atoms with E-state index in [9.17, 15) is 4.79 Å². The van der Waals surface area contributed by atoms with E-state index in [1.165, 1.54) is 23.5 Å². The maximum Gasteiger partial charge on any atom is 0.276 e. The Kier molecular flexibility index (Phi) is 3.56. The van der Waals surface area contributed by atoms with Crippen molar-refractivity contribution in [2.75, 3.05) is 18.8 Å². The summed E-state index contributed by atoms with van der Waals surface area (Å²) in [6.45, 7) is 3.55. The maximum absolute atomic E-state index is 12.5. The molecule has 21 heavy (non-hydrogen) atoms. The largest absolute Gasteiger partial charge is 0.382 e. The first-order valence-electron chi connectivity index (χ1n) is 7.08. The Morgan fingerprint density at radius 1 is 1.29 bits per heavy atom. The van der Waals surface area contributed by atoms with Gasteiger partial charge < -0.3 is 10.6 Å². The van der Waals surface area contributed by atoms with E-state index in [1.807, 2.05) is 17.0 Å². The predicted octanol–water partition coefficient (Wildman–Crippen LogP) is 2.00. The fraction of sp³-hybridized carbons (Fsp3) is 0.312. The SMILES string of the molecule is Cc1ccccc1C1CCN(C(=O)c2nccnc2N)C1. The molecule has 1 atom stereocenters. The topological polar surface area (TPSA) is 72.1 Å². The molecule has 5 nitrogen and oxygen atoms in total. The third-order valence-corrected chi connectivity index (χ3v) is 4.03. The molecule has 0 radical (unpaired) electrons. The fourth-order valence-electron chi connectivity index (χ4n) is 2.91. The molecule has 1 aliphatic heterocycles. The molecule has 2 heterocycles. The number of anilines is 1. The number of aryl methyl sites for hydroxylation is 1. The van der Waals surface area contributed by atoms with E-state index in [4.69, 9.17) is 5.73 Å². The van der Waals surface area contributed by atoms with Crippen LogP contribution in [0.3, 0.4) is 0 Å². The highest BCUT2D eigenvalue weighted by molar-refractivity contribution is 5.96. The van der Waals surface area contributed by atoms with E-state index in [0.717, 1.165) is 13.0 Å². The van der Waals surface area contributed by atoms with Crippen LogP contribution in [0.15, 0.2) is 36.7 Å². The van der Waals surface area contributed by atoms with Gasteiger partial charge in [-0.1, -0.05) is 24.3 Å². The number of benzene rings is 1. The lowest BCUT2D eigenvalue weighted by Crippen LogP contribution is -2.30. The van der Waals surface area contributed by atoms with Crippen LogP contribution in [0.4, 0.5) is 5.82 Å². The van der Waals surface area contributed by atoms with Crippen molar-refractivity contribution in [3.8, 4) is 0 Å². The highest BCUT2D eigenvalue weighted by atomic mass is 16.2. The molecule has 0 bridgehead atoms. The standard InChI is InChI=1S/C16H18N4O/c1-11-4-2-3-5-13(11)12-6-9-20(10-12)16(21)14-15(17)19-8-7-18-14/h2-5,7-8,12H,6,9-10H2,1H3,(H2,17,19). The van der Waals surface area contributed by atoms with Crippen LogP contribution in [0.2, 0.25) is 0 Å². The predicted molar refractivity (Wildman–Crippen MR) is 80.9 cm³/mol. The van der Waals surface area contributed by atoms with Crippen LogP contribution in [0.1, 0.15) is 34.0 Å². The lowest BCUT2D eigenvalue weighted by Gasteiger charge is -2.17.